The van der Waals surface area contributed by atoms with E-state index in [4.69, 9.17) is 0 Å². The molecule has 90 valence electrons. The van der Waals surface area contributed by atoms with Crippen molar-refractivity contribution in [1.29, 1.82) is 0 Å². The summed E-state index contributed by atoms with van der Waals surface area (Å²) in [6, 6.07) is 3.84. The number of aromatic nitrogens is 4. The molecule has 0 aromatic carbocycles. The molecule has 6 heteroatoms. The fraction of sp³-hybridized carbons (Fsp3) is 0.0833. The molecule has 3 rings (SSSR count). The number of hydrogen-bond donors (Lipinski definition) is 2. The molecule has 18 heavy (non-hydrogen) atoms. The lowest BCUT2D eigenvalue weighted by atomic mass is 10.3. The minimum atomic E-state index is -0.252. The van der Waals surface area contributed by atoms with E-state index in [0.29, 0.717) is 11.4 Å². The predicted octanol–water partition coefficient (Wildman–Crippen LogP) is 1.62. The molecule has 3 aromatic heterocycles. The second-order valence-corrected chi connectivity index (χ2v) is 4.04. The van der Waals surface area contributed by atoms with Crippen molar-refractivity contribution >= 4 is 17.2 Å². The number of rotatable bonds is 2. The Bertz CT molecular complexity index is 698. The van der Waals surface area contributed by atoms with Crippen molar-refractivity contribution in [2.45, 2.75) is 6.92 Å². The van der Waals surface area contributed by atoms with Crippen LogP contribution < -0.4 is 5.32 Å². The van der Waals surface area contributed by atoms with Crippen LogP contribution in [0.25, 0.3) is 5.65 Å². The number of imidazole rings is 1. The number of fused-ring (bicyclic) bond motifs is 1. The molecule has 3 aromatic rings. The van der Waals surface area contributed by atoms with Crippen LogP contribution in [0, 0.1) is 6.92 Å². The molecule has 1 amide bonds. The van der Waals surface area contributed by atoms with Gasteiger partial charge in [-0.2, -0.15) is 5.10 Å². The molecule has 6 nitrogen and oxygen atoms in total. The van der Waals surface area contributed by atoms with E-state index in [0.717, 1.165) is 11.2 Å². The third-order valence-corrected chi connectivity index (χ3v) is 2.59. The van der Waals surface area contributed by atoms with Gasteiger partial charge in [-0.05, 0) is 18.6 Å². The third-order valence-electron chi connectivity index (χ3n) is 2.59. The van der Waals surface area contributed by atoms with Gasteiger partial charge in [-0.3, -0.25) is 9.89 Å². The van der Waals surface area contributed by atoms with Crippen LogP contribution >= 0.6 is 0 Å². The van der Waals surface area contributed by atoms with Crippen molar-refractivity contribution in [1.82, 2.24) is 19.6 Å². The monoisotopic (exact) mass is 241 g/mol. The van der Waals surface area contributed by atoms with Gasteiger partial charge in [0.1, 0.15) is 11.3 Å². The van der Waals surface area contributed by atoms with Crippen molar-refractivity contribution in [2.75, 3.05) is 5.32 Å². The molecule has 0 radical (unpaired) electrons. The summed E-state index contributed by atoms with van der Waals surface area (Å²) < 4.78 is 1.83. The molecular weight excluding hydrogens is 230 g/mol. The molecule has 0 atom stereocenters. The number of amides is 1. The van der Waals surface area contributed by atoms with Gasteiger partial charge >= 0.3 is 0 Å². The summed E-state index contributed by atoms with van der Waals surface area (Å²) in [5, 5.41) is 9.09. The Labute approximate surface area is 103 Å². The summed E-state index contributed by atoms with van der Waals surface area (Å²) in [7, 11) is 0. The van der Waals surface area contributed by atoms with Crippen molar-refractivity contribution in [2.24, 2.45) is 0 Å². The van der Waals surface area contributed by atoms with Crippen molar-refractivity contribution in [3.8, 4) is 0 Å². The summed E-state index contributed by atoms with van der Waals surface area (Å²) in [5.74, 6) is -0.252. The summed E-state index contributed by atoms with van der Waals surface area (Å²) in [5.41, 5.74) is 2.86. The van der Waals surface area contributed by atoms with Crippen molar-refractivity contribution in [3.63, 3.8) is 0 Å². The minimum Gasteiger partial charge on any atom is -0.318 e. The fourth-order valence-electron chi connectivity index (χ4n) is 1.73. The second-order valence-electron chi connectivity index (χ2n) is 4.04. The first kappa shape index (κ1) is 10.5. The number of aryl methyl sites for hydroxylation is 1. The van der Waals surface area contributed by atoms with Crippen LogP contribution in [-0.2, 0) is 0 Å². The number of carbonyl (C=O) groups is 1. The maximum absolute atomic E-state index is 11.9. The van der Waals surface area contributed by atoms with Gasteiger partial charge in [0.05, 0.1) is 11.9 Å². The smallest absolute Gasteiger partial charge is 0.275 e. The quantitative estimate of drug-likeness (QED) is 0.715. The van der Waals surface area contributed by atoms with E-state index in [1.165, 1.54) is 6.20 Å². The van der Waals surface area contributed by atoms with Crippen LogP contribution in [-0.4, -0.2) is 25.5 Å². The molecule has 0 spiro atoms. The Morgan fingerprint density at radius 2 is 2.28 bits per heavy atom. The van der Waals surface area contributed by atoms with Gasteiger partial charge in [-0.25, -0.2) is 4.98 Å². The fourth-order valence-corrected chi connectivity index (χ4v) is 1.73. The highest BCUT2D eigenvalue weighted by molar-refractivity contribution is 6.03. The molecule has 0 aliphatic carbocycles. The lowest BCUT2D eigenvalue weighted by Gasteiger charge is -1.96. The van der Waals surface area contributed by atoms with Crippen LogP contribution in [0.1, 0.15) is 16.1 Å². The normalized spacial score (nSPS) is 10.7. The largest absolute Gasteiger partial charge is 0.318 e. The number of hydrogen-bond acceptors (Lipinski definition) is 3. The number of aromatic amines is 1. The summed E-state index contributed by atoms with van der Waals surface area (Å²) >= 11 is 0. The van der Waals surface area contributed by atoms with Crippen LogP contribution in [0.5, 0.6) is 0 Å². The van der Waals surface area contributed by atoms with Gasteiger partial charge in [-0.1, -0.05) is 6.07 Å². The topological polar surface area (TPSA) is 75.1 Å². The highest BCUT2D eigenvalue weighted by Gasteiger charge is 2.11. The van der Waals surface area contributed by atoms with Crippen molar-refractivity contribution in [3.05, 3.63) is 48.2 Å². The molecule has 0 saturated carbocycles. The zero-order chi connectivity index (χ0) is 12.5. The standard InChI is InChI=1S/C12H11N5O/c1-8-2-3-11-16-10(7-17(11)6-8)12(18)15-9-4-13-14-5-9/h2-7H,1H3,(H,13,14)(H,15,18). The van der Waals surface area contributed by atoms with E-state index in [1.54, 1.807) is 12.4 Å². The zero-order valence-corrected chi connectivity index (χ0v) is 9.71. The second kappa shape index (κ2) is 3.99. The van der Waals surface area contributed by atoms with Gasteiger partial charge < -0.3 is 9.72 Å². The number of nitrogens with one attached hydrogen (secondary N) is 2. The Morgan fingerprint density at radius 3 is 3.06 bits per heavy atom. The highest BCUT2D eigenvalue weighted by Crippen LogP contribution is 2.09. The molecule has 0 bridgehead atoms. The number of anilines is 1. The number of H-pyrrole nitrogens is 1. The Hall–Kier alpha value is -2.63. The molecule has 0 aliphatic heterocycles. The maximum Gasteiger partial charge on any atom is 0.275 e. The first-order valence-corrected chi connectivity index (χ1v) is 5.48. The van der Waals surface area contributed by atoms with E-state index in [-0.39, 0.29) is 5.91 Å². The van der Waals surface area contributed by atoms with Crippen LogP contribution in [0.3, 0.4) is 0 Å². The first-order valence-electron chi connectivity index (χ1n) is 5.48. The molecule has 2 N–H and O–H groups in total. The van der Waals surface area contributed by atoms with Crippen LogP contribution in [0.2, 0.25) is 0 Å². The SMILES string of the molecule is Cc1ccc2nc(C(=O)Nc3cn[nH]c3)cn2c1. The van der Waals surface area contributed by atoms with Crippen molar-refractivity contribution < 1.29 is 4.79 Å². The predicted molar refractivity (Wildman–Crippen MR) is 66.5 cm³/mol. The van der Waals surface area contributed by atoms with Gasteiger partial charge in [-0.15, -0.1) is 0 Å². The summed E-state index contributed by atoms with van der Waals surface area (Å²) in [6.07, 6.45) is 6.78. The Kier molecular flexibility index (Phi) is 2.33. The molecule has 0 saturated heterocycles. The molecule has 0 aliphatic rings. The van der Waals surface area contributed by atoms with E-state index in [2.05, 4.69) is 20.5 Å². The Morgan fingerprint density at radius 1 is 1.39 bits per heavy atom. The van der Waals surface area contributed by atoms with Gasteiger partial charge in [0, 0.05) is 18.6 Å². The zero-order valence-electron chi connectivity index (χ0n) is 9.71. The highest BCUT2D eigenvalue weighted by atomic mass is 16.1. The number of carbonyl (C=O) groups excluding carboxylic acids is 1. The summed E-state index contributed by atoms with van der Waals surface area (Å²) in [4.78, 5) is 16.2. The Balaban J connectivity index is 1.92. The van der Waals surface area contributed by atoms with Crippen LogP contribution in [0.15, 0.2) is 36.9 Å². The third kappa shape index (κ3) is 1.84. The van der Waals surface area contributed by atoms with E-state index >= 15 is 0 Å². The summed E-state index contributed by atoms with van der Waals surface area (Å²) in [6.45, 7) is 1.99. The molecule has 0 fully saturated rings. The molecule has 0 unspecified atom stereocenters. The number of nitrogens with zero attached hydrogens (tertiary/aromatic N) is 3. The van der Waals surface area contributed by atoms with E-state index < -0.39 is 0 Å². The van der Waals surface area contributed by atoms with Gasteiger partial charge in [0.2, 0.25) is 0 Å². The molecular formula is C12H11N5O. The van der Waals surface area contributed by atoms with E-state index in [1.807, 2.05) is 29.7 Å². The van der Waals surface area contributed by atoms with Gasteiger partial charge in [0.25, 0.3) is 5.91 Å². The van der Waals surface area contributed by atoms with E-state index in [9.17, 15) is 4.79 Å². The maximum atomic E-state index is 11.9. The minimum absolute atomic E-state index is 0.252. The number of pyridine rings is 1. The average Bonchev–Trinajstić information content (AvgIpc) is 2.96. The lowest BCUT2D eigenvalue weighted by molar-refractivity contribution is 0.102. The first-order chi connectivity index (χ1) is 8.72. The van der Waals surface area contributed by atoms with Crippen LogP contribution in [0.4, 0.5) is 5.69 Å². The van der Waals surface area contributed by atoms with Gasteiger partial charge in [0.15, 0.2) is 0 Å². The molecule has 3 heterocycles. The average molecular weight is 241 g/mol. The lowest BCUT2D eigenvalue weighted by Crippen LogP contribution is -2.11.